The molecule has 4 rings (SSSR count). The number of aryl methyl sites for hydroxylation is 1. The van der Waals surface area contributed by atoms with Crippen molar-refractivity contribution in [3.05, 3.63) is 59.1 Å². The van der Waals surface area contributed by atoms with Crippen molar-refractivity contribution in [3.63, 3.8) is 0 Å². The van der Waals surface area contributed by atoms with Gasteiger partial charge in [-0.25, -0.2) is 14.8 Å². The summed E-state index contributed by atoms with van der Waals surface area (Å²) in [7, 11) is 3.03. The highest BCUT2D eigenvalue weighted by Crippen LogP contribution is 2.42. The number of likely N-dealkylation sites (tertiary alicyclic amines) is 1. The highest BCUT2D eigenvalue weighted by molar-refractivity contribution is 7.15. The summed E-state index contributed by atoms with van der Waals surface area (Å²) in [6, 6.07) is 16.2. The maximum atomic E-state index is 12.0. The molecule has 1 fully saturated rings. The molecule has 0 radical (unpaired) electrons. The maximum Gasteiger partial charge on any atom is 0.343 e. The Kier molecular flexibility index (Phi) is 6.25. The second kappa shape index (κ2) is 9.08. The molecule has 3 aromatic rings. The van der Waals surface area contributed by atoms with Gasteiger partial charge in [-0.15, -0.1) is 11.3 Å². The Bertz CT molecular complexity index is 1040. The Balaban J connectivity index is 1.65. The summed E-state index contributed by atoms with van der Waals surface area (Å²) in [5.41, 5.74) is 4.44. The van der Waals surface area contributed by atoms with Crippen LogP contribution in [0.2, 0.25) is 0 Å². The minimum atomic E-state index is -0.350. The Labute approximate surface area is 186 Å². The van der Waals surface area contributed by atoms with Gasteiger partial charge in [-0.1, -0.05) is 29.8 Å². The van der Waals surface area contributed by atoms with E-state index in [1.165, 1.54) is 12.6 Å². The van der Waals surface area contributed by atoms with E-state index in [0.29, 0.717) is 24.1 Å². The molecule has 2 aromatic carbocycles. The fourth-order valence-corrected chi connectivity index (χ4v) is 5.14. The summed E-state index contributed by atoms with van der Waals surface area (Å²) < 4.78 is 5.31. The molecule has 0 spiro atoms. The summed E-state index contributed by atoms with van der Waals surface area (Å²) in [5.74, 6) is 1.12. The van der Waals surface area contributed by atoms with E-state index < -0.39 is 0 Å². The molecule has 1 aliphatic rings. The first-order valence-electron chi connectivity index (χ1n) is 10.4. The lowest BCUT2D eigenvalue weighted by atomic mass is 9.97. The third-order valence-corrected chi connectivity index (χ3v) is 6.98. The normalized spacial score (nSPS) is 14.5. The monoisotopic (exact) mass is 437 g/mol. The molecule has 2 amide bonds. The van der Waals surface area contributed by atoms with Crippen molar-refractivity contribution in [3.8, 4) is 27.4 Å². The molecule has 0 saturated carbocycles. The fraction of sp³-hybridized carbons (Fsp3) is 0.333. The van der Waals surface area contributed by atoms with Crippen LogP contribution in [0.25, 0.3) is 21.7 Å². The second-order valence-electron chi connectivity index (χ2n) is 7.89. The number of urea groups is 1. The van der Waals surface area contributed by atoms with Gasteiger partial charge in [0, 0.05) is 31.6 Å². The molecule has 0 atom stereocenters. The molecule has 0 bridgehead atoms. The number of aromatic nitrogens is 1. The molecule has 7 heteroatoms. The predicted octanol–water partition coefficient (Wildman–Crippen LogP) is 5.41. The lowest BCUT2D eigenvalue weighted by Gasteiger charge is -2.32. The molecule has 2 heterocycles. The van der Waals surface area contributed by atoms with Gasteiger partial charge in [0.2, 0.25) is 0 Å². The van der Waals surface area contributed by atoms with Gasteiger partial charge < -0.3 is 9.64 Å². The average Bonchev–Trinajstić information content (AvgIpc) is 3.24. The van der Waals surface area contributed by atoms with Gasteiger partial charge in [0.15, 0.2) is 0 Å². The summed E-state index contributed by atoms with van der Waals surface area (Å²) in [4.78, 5) is 20.0. The Hall–Kier alpha value is -2.90. The first kappa shape index (κ1) is 21.3. The summed E-state index contributed by atoms with van der Waals surface area (Å²) >= 11 is 1.74. The number of benzene rings is 2. The zero-order chi connectivity index (χ0) is 22.0. The van der Waals surface area contributed by atoms with Crippen molar-refractivity contribution in [2.45, 2.75) is 25.7 Å². The van der Waals surface area contributed by atoms with Gasteiger partial charge in [-0.3, -0.25) is 5.21 Å². The van der Waals surface area contributed by atoms with Crippen molar-refractivity contribution in [1.82, 2.24) is 14.9 Å². The van der Waals surface area contributed by atoms with Crippen molar-refractivity contribution in [1.29, 1.82) is 0 Å². The number of amides is 2. The standard InChI is InChI=1S/C24H27N3O3S/c1-16-4-6-18(7-5-16)22-21(17-8-10-20(30-3)11-9-17)25-23(31-22)19-12-14-27(15-13-19)24(28)26(2)29/h4-11,19,29H,12-15H2,1-3H3. The lowest BCUT2D eigenvalue weighted by molar-refractivity contribution is -0.0356. The topological polar surface area (TPSA) is 65.9 Å². The minimum Gasteiger partial charge on any atom is -0.497 e. The quantitative estimate of drug-likeness (QED) is 0.438. The van der Waals surface area contributed by atoms with Crippen molar-refractivity contribution >= 4 is 17.4 Å². The molecule has 0 aliphatic carbocycles. The van der Waals surface area contributed by atoms with E-state index in [1.54, 1.807) is 23.3 Å². The van der Waals surface area contributed by atoms with Crippen LogP contribution in [0.5, 0.6) is 5.75 Å². The highest BCUT2D eigenvalue weighted by Gasteiger charge is 2.28. The summed E-state index contributed by atoms with van der Waals surface area (Å²) in [5, 5.41) is 11.2. The third kappa shape index (κ3) is 4.57. The Morgan fingerprint density at radius 3 is 2.29 bits per heavy atom. The molecule has 1 saturated heterocycles. The Morgan fingerprint density at radius 1 is 1.10 bits per heavy atom. The van der Waals surface area contributed by atoms with Crippen LogP contribution >= 0.6 is 11.3 Å². The maximum absolute atomic E-state index is 12.0. The van der Waals surface area contributed by atoms with Gasteiger partial charge in [0.1, 0.15) is 5.75 Å². The molecule has 31 heavy (non-hydrogen) atoms. The van der Waals surface area contributed by atoms with E-state index in [2.05, 4.69) is 31.2 Å². The van der Waals surface area contributed by atoms with Gasteiger partial charge in [0.05, 0.1) is 22.7 Å². The van der Waals surface area contributed by atoms with E-state index >= 15 is 0 Å². The van der Waals surface area contributed by atoms with E-state index in [-0.39, 0.29) is 6.03 Å². The molecule has 0 unspecified atom stereocenters. The molecular weight excluding hydrogens is 410 g/mol. The van der Waals surface area contributed by atoms with Crippen LogP contribution in [0.3, 0.4) is 0 Å². The first-order valence-corrected chi connectivity index (χ1v) is 11.2. The lowest BCUT2D eigenvalue weighted by Crippen LogP contribution is -2.43. The van der Waals surface area contributed by atoms with Crippen molar-refractivity contribution in [2.75, 3.05) is 27.2 Å². The van der Waals surface area contributed by atoms with Crippen LogP contribution in [-0.2, 0) is 0 Å². The number of hydrogen-bond acceptors (Lipinski definition) is 5. The van der Waals surface area contributed by atoms with E-state index in [0.717, 1.165) is 45.3 Å². The third-order valence-electron chi connectivity index (χ3n) is 5.71. The van der Waals surface area contributed by atoms with Crippen LogP contribution in [0.4, 0.5) is 4.79 Å². The SMILES string of the molecule is COc1ccc(-c2nc(C3CCN(C(=O)N(C)O)CC3)sc2-c2ccc(C)cc2)cc1. The number of methoxy groups -OCH3 is 1. The first-order chi connectivity index (χ1) is 15.0. The molecule has 1 N–H and O–H groups in total. The molecular formula is C24H27N3O3S. The van der Waals surface area contributed by atoms with Crippen LogP contribution in [-0.4, -0.2) is 53.4 Å². The largest absolute Gasteiger partial charge is 0.497 e. The van der Waals surface area contributed by atoms with Crippen LogP contribution in [0.15, 0.2) is 48.5 Å². The number of rotatable bonds is 4. The molecule has 6 nitrogen and oxygen atoms in total. The van der Waals surface area contributed by atoms with Gasteiger partial charge >= 0.3 is 6.03 Å². The number of thiazole rings is 1. The number of carbonyl (C=O) groups is 1. The molecule has 162 valence electrons. The van der Waals surface area contributed by atoms with E-state index in [4.69, 9.17) is 9.72 Å². The molecule has 1 aliphatic heterocycles. The number of piperidine rings is 1. The van der Waals surface area contributed by atoms with Gasteiger partial charge in [-0.05, 0) is 49.6 Å². The molecule has 1 aromatic heterocycles. The number of hydrogen-bond donors (Lipinski definition) is 1. The zero-order valence-corrected chi connectivity index (χ0v) is 18.9. The zero-order valence-electron chi connectivity index (χ0n) is 18.0. The average molecular weight is 438 g/mol. The number of hydroxylamine groups is 2. The van der Waals surface area contributed by atoms with Crippen molar-refractivity contribution in [2.24, 2.45) is 0 Å². The number of nitrogens with zero attached hydrogens (tertiary/aromatic N) is 3. The van der Waals surface area contributed by atoms with E-state index in [1.807, 2.05) is 24.3 Å². The summed E-state index contributed by atoms with van der Waals surface area (Å²) in [6.45, 7) is 3.32. The minimum absolute atomic E-state index is 0.300. The fourth-order valence-electron chi connectivity index (χ4n) is 3.88. The van der Waals surface area contributed by atoms with E-state index in [9.17, 15) is 10.0 Å². The van der Waals surface area contributed by atoms with Gasteiger partial charge in [0.25, 0.3) is 0 Å². The Morgan fingerprint density at radius 2 is 1.71 bits per heavy atom. The van der Waals surface area contributed by atoms with Crippen LogP contribution in [0, 0.1) is 6.92 Å². The number of ether oxygens (including phenoxy) is 1. The van der Waals surface area contributed by atoms with Gasteiger partial charge in [-0.2, -0.15) is 0 Å². The number of carbonyl (C=O) groups excluding carboxylic acids is 1. The van der Waals surface area contributed by atoms with Crippen molar-refractivity contribution < 1.29 is 14.7 Å². The smallest absolute Gasteiger partial charge is 0.343 e. The highest BCUT2D eigenvalue weighted by atomic mass is 32.1. The van der Waals surface area contributed by atoms with Crippen LogP contribution in [0.1, 0.15) is 29.3 Å². The second-order valence-corrected chi connectivity index (χ2v) is 8.92. The summed E-state index contributed by atoms with van der Waals surface area (Å²) in [6.07, 6.45) is 1.67. The van der Waals surface area contributed by atoms with Crippen LogP contribution < -0.4 is 4.74 Å². The predicted molar refractivity (Wildman–Crippen MR) is 123 cm³/mol.